The molecule has 1 N–H and O–H groups in total. The molecule has 0 radical (unpaired) electrons. The molecule has 2 aliphatic rings. The van der Waals surface area contributed by atoms with Crippen LogP contribution in [0, 0.1) is 0 Å². The molecule has 0 saturated carbocycles. The van der Waals surface area contributed by atoms with Gasteiger partial charge in [-0.1, -0.05) is 6.42 Å². The van der Waals surface area contributed by atoms with Crippen LogP contribution in [-0.4, -0.2) is 31.8 Å². The summed E-state index contributed by atoms with van der Waals surface area (Å²) in [6.45, 7) is 0. The number of alkyl halides is 2. The molecule has 2 bridgehead atoms. The van der Waals surface area contributed by atoms with Gasteiger partial charge in [-0.2, -0.15) is 0 Å². The molecule has 0 amide bonds. The van der Waals surface area contributed by atoms with E-state index in [0.29, 0.717) is 6.42 Å². The van der Waals surface area contributed by atoms with E-state index in [4.69, 9.17) is 0 Å². The fourth-order valence-electron chi connectivity index (χ4n) is 2.34. The smallest absolute Gasteiger partial charge is 0.274 e. The highest BCUT2D eigenvalue weighted by Crippen LogP contribution is 2.39. The van der Waals surface area contributed by atoms with Gasteiger partial charge in [0.25, 0.3) is 5.92 Å². The van der Waals surface area contributed by atoms with Crippen molar-refractivity contribution in [3.63, 3.8) is 0 Å². The van der Waals surface area contributed by atoms with Crippen molar-refractivity contribution in [2.24, 2.45) is 0 Å². The van der Waals surface area contributed by atoms with Crippen molar-refractivity contribution < 1.29 is 18.1 Å². The van der Waals surface area contributed by atoms with Crippen LogP contribution in [0.5, 0.6) is 0 Å². The number of hydrogen-bond acceptors (Lipinski definition) is 2. The van der Waals surface area contributed by atoms with Crippen LogP contribution in [-0.2, 0) is 10.8 Å². The van der Waals surface area contributed by atoms with E-state index in [1.54, 1.807) is 0 Å². The van der Waals surface area contributed by atoms with Crippen molar-refractivity contribution in [3.8, 4) is 0 Å². The van der Waals surface area contributed by atoms with Crippen LogP contribution < -0.4 is 0 Å². The Labute approximate surface area is 84.1 Å². The highest BCUT2D eigenvalue weighted by Gasteiger charge is 2.48. The first-order valence-corrected chi connectivity index (χ1v) is 6.23. The van der Waals surface area contributed by atoms with Gasteiger partial charge in [0.15, 0.2) is 0 Å². The summed E-state index contributed by atoms with van der Waals surface area (Å²) >= 11 is 0. The summed E-state index contributed by atoms with van der Waals surface area (Å²) in [7, 11) is -1.16. The Kier molecular flexibility index (Phi) is 2.64. The second kappa shape index (κ2) is 3.52. The summed E-state index contributed by atoms with van der Waals surface area (Å²) in [5.74, 6) is -3.04. The lowest BCUT2D eigenvalue weighted by atomic mass is 10.0. The van der Waals surface area contributed by atoms with Gasteiger partial charge in [0.05, 0.1) is 0 Å². The van der Waals surface area contributed by atoms with E-state index < -0.39 is 34.5 Å². The fraction of sp³-hybridized carbons (Fsp3) is 1.00. The Morgan fingerprint density at radius 1 is 1.29 bits per heavy atom. The number of hydrogen-bond donors (Lipinski definition) is 1. The Bertz CT molecular complexity index is 257. The first-order valence-electron chi connectivity index (χ1n) is 4.96. The number of aliphatic hydroxyl groups is 1. The van der Waals surface area contributed by atoms with Crippen molar-refractivity contribution >= 4 is 10.8 Å². The summed E-state index contributed by atoms with van der Waals surface area (Å²) < 4.78 is 38.3. The third-order valence-electron chi connectivity index (χ3n) is 3.18. The molecule has 5 heteroatoms. The van der Waals surface area contributed by atoms with Crippen LogP contribution in [0.1, 0.15) is 32.1 Å². The molecule has 2 heterocycles. The molecule has 0 aromatic rings. The van der Waals surface area contributed by atoms with Crippen LogP contribution in [0.15, 0.2) is 0 Å². The highest BCUT2D eigenvalue weighted by atomic mass is 32.2. The second-order valence-electron chi connectivity index (χ2n) is 4.22. The van der Waals surface area contributed by atoms with Gasteiger partial charge in [-0.05, 0) is 19.3 Å². The molecule has 2 saturated heterocycles. The van der Waals surface area contributed by atoms with Crippen molar-refractivity contribution in [2.45, 2.75) is 54.6 Å². The van der Waals surface area contributed by atoms with Gasteiger partial charge in [0.2, 0.25) is 0 Å². The number of rotatable bonds is 0. The molecule has 0 aromatic carbocycles. The third-order valence-corrected chi connectivity index (χ3v) is 5.33. The fourth-order valence-corrected chi connectivity index (χ4v) is 4.44. The van der Waals surface area contributed by atoms with Gasteiger partial charge < -0.3 is 5.11 Å². The molecule has 0 aliphatic carbocycles. The average Bonchev–Trinajstić information content (AvgIpc) is 2.17. The summed E-state index contributed by atoms with van der Waals surface area (Å²) in [5, 5.41) is 8.68. The number of aliphatic hydroxyl groups excluding tert-OH is 1. The molecular formula is C9H14F2O2S. The van der Waals surface area contributed by atoms with E-state index >= 15 is 0 Å². The molecule has 0 aromatic heterocycles. The second-order valence-corrected chi connectivity index (χ2v) is 6.21. The summed E-state index contributed by atoms with van der Waals surface area (Å²) in [5.41, 5.74) is 0. The number of fused-ring (bicyclic) bond motifs is 2. The molecule has 0 spiro atoms. The van der Waals surface area contributed by atoms with E-state index in [0.717, 1.165) is 12.8 Å². The Balaban J connectivity index is 2.24. The minimum absolute atomic E-state index is 0.00386. The largest absolute Gasteiger partial charge is 0.387 e. The third kappa shape index (κ3) is 1.72. The Hall–Kier alpha value is -0.0300. The maximum absolute atomic E-state index is 13.3. The molecule has 82 valence electrons. The van der Waals surface area contributed by atoms with Crippen molar-refractivity contribution in [1.29, 1.82) is 0 Å². The minimum atomic E-state index is -3.04. The first-order chi connectivity index (χ1) is 6.50. The van der Waals surface area contributed by atoms with Crippen molar-refractivity contribution in [2.75, 3.05) is 0 Å². The van der Waals surface area contributed by atoms with E-state index in [9.17, 15) is 18.1 Å². The predicted octanol–water partition coefficient (Wildman–Crippen LogP) is 1.45. The van der Waals surface area contributed by atoms with E-state index in [1.807, 2.05) is 0 Å². The summed E-state index contributed by atoms with van der Waals surface area (Å²) in [6.07, 6.45) is 0.193. The molecule has 2 aliphatic heterocycles. The summed E-state index contributed by atoms with van der Waals surface area (Å²) in [4.78, 5) is 0. The SMILES string of the molecule is O=S1C2CCCC1CC(F)(F)C(O)C2. The van der Waals surface area contributed by atoms with E-state index in [-0.39, 0.29) is 11.7 Å². The topological polar surface area (TPSA) is 37.3 Å². The maximum atomic E-state index is 13.3. The van der Waals surface area contributed by atoms with Gasteiger partial charge in [0, 0.05) is 27.7 Å². The van der Waals surface area contributed by atoms with Crippen LogP contribution in [0.4, 0.5) is 8.78 Å². The molecule has 2 fully saturated rings. The lowest BCUT2D eigenvalue weighted by Gasteiger charge is -2.25. The van der Waals surface area contributed by atoms with Gasteiger partial charge in [-0.15, -0.1) is 0 Å². The van der Waals surface area contributed by atoms with Crippen LogP contribution in [0.3, 0.4) is 0 Å². The quantitative estimate of drug-likeness (QED) is 0.676. The van der Waals surface area contributed by atoms with E-state index in [1.165, 1.54) is 0 Å². The molecular weight excluding hydrogens is 210 g/mol. The minimum Gasteiger partial charge on any atom is -0.387 e. The van der Waals surface area contributed by atoms with Crippen LogP contribution in [0.25, 0.3) is 0 Å². The molecule has 2 nitrogen and oxygen atoms in total. The van der Waals surface area contributed by atoms with Gasteiger partial charge in [-0.25, -0.2) is 8.78 Å². The van der Waals surface area contributed by atoms with Crippen LogP contribution in [0.2, 0.25) is 0 Å². The zero-order valence-corrected chi connectivity index (χ0v) is 8.60. The predicted molar refractivity (Wildman–Crippen MR) is 49.8 cm³/mol. The zero-order chi connectivity index (χ0) is 10.3. The van der Waals surface area contributed by atoms with Gasteiger partial charge in [0.1, 0.15) is 6.10 Å². The van der Waals surface area contributed by atoms with E-state index in [2.05, 4.69) is 0 Å². The molecule has 4 unspecified atom stereocenters. The molecule has 14 heavy (non-hydrogen) atoms. The molecule has 2 rings (SSSR count). The first kappa shape index (κ1) is 10.5. The molecule has 4 atom stereocenters. The lowest BCUT2D eigenvalue weighted by Crippen LogP contribution is -2.34. The van der Waals surface area contributed by atoms with Gasteiger partial charge in [-0.3, -0.25) is 4.21 Å². The van der Waals surface area contributed by atoms with Crippen LogP contribution >= 0.6 is 0 Å². The Morgan fingerprint density at radius 3 is 2.64 bits per heavy atom. The monoisotopic (exact) mass is 224 g/mol. The van der Waals surface area contributed by atoms with Crippen molar-refractivity contribution in [3.05, 3.63) is 0 Å². The zero-order valence-electron chi connectivity index (χ0n) is 7.79. The average molecular weight is 224 g/mol. The standard InChI is InChI=1S/C9H14F2O2S/c10-9(11)5-7-3-1-2-6(14(7)13)4-8(9)12/h6-8,12H,1-5H2. The Morgan fingerprint density at radius 2 is 1.93 bits per heavy atom. The van der Waals surface area contributed by atoms with Gasteiger partial charge >= 0.3 is 0 Å². The number of halogens is 2. The van der Waals surface area contributed by atoms with Crippen molar-refractivity contribution in [1.82, 2.24) is 0 Å². The summed E-state index contributed by atoms with van der Waals surface area (Å²) in [6, 6.07) is 0. The maximum Gasteiger partial charge on any atom is 0.274 e. The normalized spacial score (nSPS) is 47.1. The lowest BCUT2D eigenvalue weighted by molar-refractivity contribution is -0.113. The highest BCUT2D eigenvalue weighted by molar-refractivity contribution is 7.86.